The lowest BCUT2D eigenvalue weighted by Crippen LogP contribution is -2.18. The number of anilines is 1. The molecule has 0 aliphatic heterocycles. The molecule has 1 amide bonds. The number of phenolic OH excluding ortho intramolecular Hbond substituents is 1. The van der Waals surface area contributed by atoms with Crippen LogP contribution in [0.4, 0.5) is 14.9 Å². The summed E-state index contributed by atoms with van der Waals surface area (Å²) in [6.07, 6.45) is -0.717. The molecular weight excluding hydrogens is 413 g/mol. The number of hydrogen-bond donors (Lipinski definition) is 2. The molecule has 3 aromatic rings. The highest BCUT2D eigenvalue weighted by atomic mass is 79.9. The molecule has 0 radical (unpaired) electrons. The Kier molecular flexibility index (Phi) is 4.58. The van der Waals surface area contributed by atoms with E-state index in [0.717, 1.165) is 28.3 Å². The normalized spacial score (nSPS) is 12.4. The lowest BCUT2D eigenvalue weighted by atomic mass is 9.98. The molecule has 0 fully saturated rings. The first kappa shape index (κ1) is 17.5. The van der Waals surface area contributed by atoms with Crippen molar-refractivity contribution in [3.05, 3.63) is 82.1 Å². The van der Waals surface area contributed by atoms with Gasteiger partial charge in [0.05, 0.1) is 10.2 Å². The second kappa shape index (κ2) is 7.04. The van der Waals surface area contributed by atoms with Gasteiger partial charge in [-0.15, -0.1) is 0 Å². The predicted molar refractivity (Wildman–Crippen MR) is 104 cm³/mol. The van der Waals surface area contributed by atoms with Crippen molar-refractivity contribution in [1.82, 2.24) is 0 Å². The summed E-state index contributed by atoms with van der Waals surface area (Å²) in [5.74, 6) is -1.05. The number of phenols is 1. The molecule has 0 spiro atoms. The highest BCUT2D eigenvalue weighted by Crippen LogP contribution is 2.44. The van der Waals surface area contributed by atoms with Crippen LogP contribution in [0.25, 0.3) is 11.1 Å². The maximum atomic E-state index is 13.4. The topological polar surface area (TPSA) is 58.6 Å². The summed E-state index contributed by atoms with van der Waals surface area (Å²) in [4.78, 5) is 12.2. The molecule has 0 saturated heterocycles. The fourth-order valence-electron chi connectivity index (χ4n) is 3.38. The first-order valence-corrected chi connectivity index (χ1v) is 9.14. The molecule has 4 nitrogen and oxygen atoms in total. The molecule has 0 atom stereocenters. The third kappa shape index (κ3) is 3.28. The zero-order chi connectivity index (χ0) is 19.0. The van der Waals surface area contributed by atoms with Crippen molar-refractivity contribution in [2.75, 3.05) is 11.9 Å². The standard InChI is InChI=1S/C21H15BrFNO3/c22-17-9-19(20(25)10-18(17)23)24-21(26)27-11-16-14-7-3-1-5-12(14)13-6-2-4-8-15(13)16/h1-10,16,25H,11H2,(H,24,26). The molecule has 2 N–H and O–H groups in total. The van der Waals surface area contributed by atoms with E-state index in [1.807, 2.05) is 36.4 Å². The van der Waals surface area contributed by atoms with Gasteiger partial charge in [0.1, 0.15) is 18.2 Å². The van der Waals surface area contributed by atoms with E-state index < -0.39 is 11.9 Å². The van der Waals surface area contributed by atoms with Gasteiger partial charge in [-0.3, -0.25) is 5.32 Å². The molecule has 4 rings (SSSR count). The number of rotatable bonds is 3. The Hall–Kier alpha value is -2.86. The van der Waals surface area contributed by atoms with Crippen LogP contribution >= 0.6 is 15.9 Å². The largest absolute Gasteiger partial charge is 0.506 e. The number of carbonyl (C=O) groups excluding carboxylic acids is 1. The molecular formula is C21H15BrFNO3. The van der Waals surface area contributed by atoms with Gasteiger partial charge in [0.15, 0.2) is 0 Å². The number of aromatic hydroxyl groups is 1. The van der Waals surface area contributed by atoms with Crippen molar-refractivity contribution in [2.45, 2.75) is 5.92 Å². The Morgan fingerprint density at radius 3 is 2.30 bits per heavy atom. The molecule has 1 aliphatic rings. The van der Waals surface area contributed by atoms with Crippen molar-refractivity contribution >= 4 is 27.7 Å². The SMILES string of the molecule is O=C(Nc1cc(Br)c(F)cc1O)OCC1c2ccccc2-c2ccccc21. The van der Waals surface area contributed by atoms with Crippen LogP contribution in [0.3, 0.4) is 0 Å². The predicted octanol–water partition coefficient (Wildman–Crippen LogP) is 5.65. The van der Waals surface area contributed by atoms with Gasteiger partial charge < -0.3 is 9.84 Å². The highest BCUT2D eigenvalue weighted by molar-refractivity contribution is 9.10. The molecule has 136 valence electrons. The van der Waals surface area contributed by atoms with Crippen LogP contribution in [0.1, 0.15) is 17.0 Å². The molecule has 27 heavy (non-hydrogen) atoms. The van der Waals surface area contributed by atoms with Gasteiger partial charge in [0.25, 0.3) is 0 Å². The Balaban J connectivity index is 1.51. The van der Waals surface area contributed by atoms with Crippen LogP contribution in [-0.4, -0.2) is 17.8 Å². The molecule has 0 unspecified atom stereocenters. The average Bonchev–Trinajstić information content (AvgIpc) is 2.98. The maximum Gasteiger partial charge on any atom is 0.411 e. The van der Waals surface area contributed by atoms with E-state index in [-0.39, 0.29) is 28.4 Å². The number of fused-ring (bicyclic) bond motifs is 3. The zero-order valence-corrected chi connectivity index (χ0v) is 15.7. The van der Waals surface area contributed by atoms with Crippen LogP contribution in [-0.2, 0) is 4.74 Å². The van der Waals surface area contributed by atoms with E-state index >= 15 is 0 Å². The Morgan fingerprint density at radius 1 is 1.07 bits per heavy atom. The van der Waals surface area contributed by atoms with Crippen molar-refractivity contribution in [3.8, 4) is 16.9 Å². The van der Waals surface area contributed by atoms with Gasteiger partial charge in [-0.2, -0.15) is 0 Å². The van der Waals surface area contributed by atoms with Gasteiger partial charge in [-0.25, -0.2) is 9.18 Å². The fourth-order valence-corrected chi connectivity index (χ4v) is 3.72. The summed E-state index contributed by atoms with van der Waals surface area (Å²) in [7, 11) is 0. The number of hydrogen-bond acceptors (Lipinski definition) is 3. The number of benzene rings is 3. The summed E-state index contributed by atoms with van der Waals surface area (Å²) < 4.78 is 18.9. The van der Waals surface area contributed by atoms with Crippen molar-refractivity contribution in [1.29, 1.82) is 0 Å². The number of ether oxygens (including phenoxy) is 1. The second-order valence-corrected chi connectivity index (χ2v) is 7.09. The lowest BCUT2D eigenvalue weighted by molar-refractivity contribution is 0.158. The van der Waals surface area contributed by atoms with Crippen molar-refractivity contribution in [2.24, 2.45) is 0 Å². The van der Waals surface area contributed by atoms with Crippen molar-refractivity contribution < 1.29 is 19.0 Å². The minimum Gasteiger partial charge on any atom is -0.506 e. The fraction of sp³-hybridized carbons (Fsp3) is 0.0952. The average molecular weight is 428 g/mol. The second-order valence-electron chi connectivity index (χ2n) is 6.23. The van der Waals surface area contributed by atoms with Gasteiger partial charge >= 0.3 is 6.09 Å². The number of halogens is 2. The summed E-state index contributed by atoms with van der Waals surface area (Å²) in [5.41, 5.74) is 4.57. The quantitative estimate of drug-likeness (QED) is 0.530. The van der Waals surface area contributed by atoms with E-state index in [0.29, 0.717) is 0 Å². The summed E-state index contributed by atoms with van der Waals surface area (Å²) in [5, 5.41) is 12.2. The van der Waals surface area contributed by atoms with Gasteiger partial charge in [-0.1, -0.05) is 48.5 Å². The maximum absolute atomic E-state index is 13.4. The summed E-state index contributed by atoms with van der Waals surface area (Å²) >= 11 is 3.02. The van der Waals surface area contributed by atoms with Gasteiger partial charge in [0.2, 0.25) is 0 Å². The smallest absolute Gasteiger partial charge is 0.411 e. The van der Waals surface area contributed by atoms with E-state index in [4.69, 9.17) is 4.74 Å². The Bertz CT molecular complexity index is 992. The third-order valence-electron chi connectivity index (χ3n) is 4.62. The van der Waals surface area contributed by atoms with Gasteiger partial charge in [-0.05, 0) is 44.3 Å². The number of carbonyl (C=O) groups is 1. The molecule has 0 heterocycles. The molecule has 0 aromatic heterocycles. The minimum atomic E-state index is -0.717. The van der Waals surface area contributed by atoms with Crippen molar-refractivity contribution in [3.63, 3.8) is 0 Å². The van der Waals surface area contributed by atoms with Crippen LogP contribution in [0, 0.1) is 5.82 Å². The van der Waals surface area contributed by atoms with Crippen LogP contribution in [0.5, 0.6) is 5.75 Å². The van der Waals surface area contributed by atoms with E-state index in [2.05, 4.69) is 33.4 Å². The minimum absolute atomic E-state index is 0.0586. The number of amides is 1. The monoisotopic (exact) mass is 427 g/mol. The van der Waals surface area contributed by atoms with E-state index in [1.165, 1.54) is 6.07 Å². The van der Waals surface area contributed by atoms with Crippen LogP contribution in [0.15, 0.2) is 65.1 Å². The Morgan fingerprint density at radius 2 is 1.67 bits per heavy atom. The molecule has 0 saturated carbocycles. The molecule has 6 heteroatoms. The molecule has 1 aliphatic carbocycles. The Labute approximate surface area is 163 Å². The van der Waals surface area contributed by atoms with Crippen LogP contribution in [0.2, 0.25) is 0 Å². The molecule has 3 aromatic carbocycles. The third-order valence-corrected chi connectivity index (χ3v) is 5.23. The van der Waals surface area contributed by atoms with E-state index in [1.54, 1.807) is 0 Å². The summed E-state index contributed by atoms with van der Waals surface area (Å²) in [6, 6.07) is 18.3. The zero-order valence-electron chi connectivity index (χ0n) is 14.1. The van der Waals surface area contributed by atoms with Crippen LogP contribution < -0.4 is 5.32 Å². The van der Waals surface area contributed by atoms with E-state index in [9.17, 15) is 14.3 Å². The molecule has 0 bridgehead atoms. The first-order valence-electron chi connectivity index (χ1n) is 8.34. The lowest BCUT2D eigenvalue weighted by Gasteiger charge is -2.15. The highest BCUT2D eigenvalue weighted by Gasteiger charge is 2.29. The summed E-state index contributed by atoms with van der Waals surface area (Å²) in [6.45, 7) is 0.156. The first-order chi connectivity index (χ1) is 13.0. The number of nitrogens with one attached hydrogen (secondary N) is 1. The van der Waals surface area contributed by atoms with Gasteiger partial charge in [0, 0.05) is 12.0 Å².